The molecule has 0 amide bonds. The van der Waals surface area contributed by atoms with E-state index >= 15 is 0 Å². The third kappa shape index (κ3) is 2.85. The van der Waals surface area contributed by atoms with Gasteiger partial charge < -0.3 is 5.32 Å². The van der Waals surface area contributed by atoms with Crippen molar-refractivity contribution in [2.45, 2.75) is 20.3 Å². The Kier molecular flexibility index (Phi) is 3.97. The third-order valence-electron chi connectivity index (χ3n) is 2.28. The smallest absolute Gasteiger partial charge is 0.00459 e. The molecule has 1 radical (unpaired) electrons. The molecule has 0 bridgehead atoms. The fraction of sp³-hybridized carbons (Fsp3) is 0.417. The summed E-state index contributed by atoms with van der Waals surface area (Å²) in [4.78, 5) is 0. The van der Waals surface area contributed by atoms with Crippen molar-refractivity contribution in [1.82, 2.24) is 5.32 Å². The molecule has 1 rings (SSSR count). The molecule has 0 fully saturated rings. The Labute approximate surface area is 81.2 Å². The van der Waals surface area contributed by atoms with Crippen molar-refractivity contribution in [2.75, 3.05) is 13.6 Å². The lowest BCUT2D eigenvalue weighted by Crippen LogP contribution is -2.08. The topological polar surface area (TPSA) is 12.0 Å². The quantitative estimate of drug-likeness (QED) is 0.695. The van der Waals surface area contributed by atoms with E-state index in [1.165, 1.54) is 16.7 Å². The summed E-state index contributed by atoms with van der Waals surface area (Å²) in [6.07, 6.45) is 3.41. The van der Waals surface area contributed by atoms with Crippen LogP contribution >= 0.6 is 0 Å². The van der Waals surface area contributed by atoms with E-state index in [1.807, 2.05) is 7.05 Å². The van der Waals surface area contributed by atoms with E-state index in [2.05, 4.69) is 43.8 Å². The van der Waals surface area contributed by atoms with Gasteiger partial charge in [0.1, 0.15) is 0 Å². The van der Waals surface area contributed by atoms with Gasteiger partial charge in [-0.2, -0.15) is 0 Å². The monoisotopic (exact) mass is 176 g/mol. The maximum absolute atomic E-state index is 3.15. The predicted octanol–water partition coefficient (Wildman–Crippen LogP) is 2.47. The van der Waals surface area contributed by atoms with Crippen molar-refractivity contribution in [3.63, 3.8) is 0 Å². The van der Waals surface area contributed by atoms with Gasteiger partial charge in [0.05, 0.1) is 0 Å². The molecule has 0 spiro atoms. The van der Waals surface area contributed by atoms with Crippen LogP contribution in [0.3, 0.4) is 0 Å². The average molecular weight is 176 g/mol. The summed E-state index contributed by atoms with van der Waals surface area (Å²) < 4.78 is 0. The number of hydrogen-bond acceptors (Lipinski definition) is 1. The summed E-state index contributed by atoms with van der Waals surface area (Å²) in [7, 11) is 1.98. The molecule has 71 valence electrons. The molecule has 0 saturated carbocycles. The molecule has 0 aliphatic carbocycles. The van der Waals surface area contributed by atoms with Gasteiger partial charge >= 0.3 is 0 Å². The predicted molar refractivity (Wildman–Crippen MR) is 57.9 cm³/mol. The van der Waals surface area contributed by atoms with Crippen LogP contribution in [0.25, 0.3) is 0 Å². The molecule has 0 atom stereocenters. The molecule has 0 aromatic heterocycles. The lowest BCUT2D eigenvalue weighted by Gasteiger charge is -2.08. The van der Waals surface area contributed by atoms with E-state index < -0.39 is 0 Å². The second kappa shape index (κ2) is 5.03. The molecule has 13 heavy (non-hydrogen) atoms. The zero-order chi connectivity index (χ0) is 9.68. The maximum Gasteiger partial charge on any atom is -0.00459 e. The highest BCUT2D eigenvalue weighted by Crippen LogP contribution is 2.16. The highest BCUT2D eigenvalue weighted by molar-refractivity contribution is 5.38. The summed E-state index contributed by atoms with van der Waals surface area (Å²) >= 11 is 0. The molecule has 1 aromatic carbocycles. The number of benzene rings is 1. The summed E-state index contributed by atoms with van der Waals surface area (Å²) in [6, 6.07) is 6.44. The molecule has 1 N–H and O–H groups in total. The van der Waals surface area contributed by atoms with Crippen molar-refractivity contribution in [2.24, 2.45) is 0 Å². The van der Waals surface area contributed by atoms with Crippen LogP contribution in [0, 0.1) is 20.3 Å². The zero-order valence-electron chi connectivity index (χ0n) is 8.72. The van der Waals surface area contributed by atoms with Gasteiger partial charge in [-0.1, -0.05) is 18.2 Å². The van der Waals surface area contributed by atoms with E-state index in [0.29, 0.717) is 0 Å². The summed E-state index contributed by atoms with van der Waals surface area (Å²) in [5, 5.41) is 3.15. The Morgan fingerprint density at radius 1 is 1.23 bits per heavy atom. The second-order valence-corrected chi connectivity index (χ2v) is 3.40. The van der Waals surface area contributed by atoms with Crippen LogP contribution in [0.2, 0.25) is 0 Å². The molecule has 0 aliphatic rings. The minimum atomic E-state index is 1.05. The first-order valence-corrected chi connectivity index (χ1v) is 4.79. The van der Waals surface area contributed by atoms with Crippen LogP contribution in [-0.4, -0.2) is 13.6 Å². The first-order chi connectivity index (χ1) is 6.25. The lowest BCUT2D eigenvalue weighted by atomic mass is 9.99. The van der Waals surface area contributed by atoms with E-state index in [0.717, 1.165) is 13.0 Å². The van der Waals surface area contributed by atoms with Gasteiger partial charge in [-0.3, -0.25) is 0 Å². The minimum Gasteiger partial charge on any atom is -0.320 e. The summed E-state index contributed by atoms with van der Waals surface area (Å²) in [5.41, 5.74) is 4.14. The first kappa shape index (κ1) is 10.3. The van der Waals surface area contributed by atoms with Gasteiger partial charge in [-0.25, -0.2) is 0 Å². The van der Waals surface area contributed by atoms with Crippen molar-refractivity contribution >= 4 is 0 Å². The van der Waals surface area contributed by atoms with Crippen molar-refractivity contribution in [3.05, 3.63) is 41.3 Å². The highest BCUT2D eigenvalue weighted by atomic mass is 14.8. The van der Waals surface area contributed by atoms with Gasteiger partial charge in [0.15, 0.2) is 0 Å². The first-order valence-electron chi connectivity index (χ1n) is 4.79. The zero-order valence-corrected chi connectivity index (χ0v) is 8.72. The Morgan fingerprint density at radius 2 is 1.85 bits per heavy atom. The molecule has 1 aromatic rings. The van der Waals surface area contributed by atoms with E-state index in [-0.39, 0.29) is 0 Å². The van der Waals surface area contributed by atoms with E-state index in [4.69, 9.17) is 0 Å². The fourth-order valence-electron chi connectivity index (χ4n) is 1.51. The van der Waals surface area contributed by atoms with Crippen LogP contribution in [-0.2, 0) is 0 Å². The molecule has 1 nitrogen and oxygen atoms in total. The molecule has 1 heteroatoms. The molecular weight excluding hydrogens is 158 g/mol. The molecule has 0 heterocycles. The third-order valence-corrected chi connectivity index (χ3v) is 2.28. The second-order valence-electron chi connectivity index (χ2n) is 3.40. The van der Waals surface area contributed by atoms with Gasteiger partial charge in [-0.15, -0.1) is 0 Å². The van der Waals surface area contributed by atoms with Gasteiger partial charge in [0.25, 0.3) is 0 Å². The largest absolute Gasteiger partial charge is 0.320 e. The average Bonchev–Trinajstić information content (AvgIpc) is 2.10. The number of nitrogens with one attached hydrogen (secondary N) is 1. The molecular formula is C12H18N. The van der Waals surface area contributed by atoms with E-state index in [9.17, 15) is 0 Å². The number of rotatable bonds is 4. The summed E-state index contributed by atoms with van der Waals surface area (Å²) in [5.74, 6) is 0. The summed E-state index contributed by atoms with van der Waals surface area (Å²) in [6.45, 7) is 5.38. The van der Waals surface area contributed by atoms with Gasteiger partial charge in [0, 0.05) is 0 Å². The van der Waals surface area contributed by atoms with E-state index in [1.54, 1.807) is 0 Å². The maximum atomic E-state index is 3.15. The molecule has 0 saturated heterocycles. The van der Waals surface area contributed by atoms with Gasteiger partial charge in [-0.05, 0) is 57.0 Å². The van der Waals surface area contributed by atoms with Crippen molar-refractivity contribution in [3.8, 4) is 0 Å². The molecule has 0 unspecified atom stereocenters. The van der Waals surface area contributed by atoms with Crippen LogP contribution in [0.1, 0.15) is 23.1 Å². The highest BCUT2D eigenvalue weighted by Gasteiger charge is 2.00. The standard InChI is InChI=1S/C12H18N/c1-10-6-4-7-11(2)12(10)8-5-9-13-3/h4,6-8,13H,5,9H2,1-3H3. The van der Waals surface area contributed by atoms with Crippen LogP contribution < -0.4 is 5.32 Å². The molecule has 0 aliphatic heterocycles. The number of hydrogen-bond donors (Lipinski definition) is 1. The van der Waals surface area contributed by atoms with Crippen molar-refractivity contribution < 1.29 is 0 Å². The fourth-order valence-corrected chi connectivity index (χ4v) is 1.51. The Bertz CT molecular complexity index is 246. The Hall–Kier alpha value is -0.820. The van der Waals surface area contributed by atoms with Crippen LogP contribution in [0.15, 0.2) is 18.2 Å². The van der Waals surface area contributed by atoms with Gasteiger partial charge in [0.2, 0.25) is 0 Å². The normalized spacial score (nSPS) is 10.4. The lowest BCUT2D eigenvalue weighted by molar-refractivity contribution is 0.786. The van der Waals surface area contributed by atoms with Crippen molar-refractivity contribution in [1.29, 1.82) is 0 Å². The number of aryl methyl sites for hydroxylation is 2. The Morgan fingerprint density at radius 3 is 2.38 bits per heavy atom. The van der Waals surface area contributed by atoms with Crippen LogP contribution in [0.4, 0.5) is 0 Å². The SMILES string of the molecule is CNCC[CH]c1c(C)cccc1C. The minimum absolute atomic E-state index is 1.05. The van der Waals surface area contributed by atoms with Crippen LogP contribution in [0.5, 0.6) is 0 Å². The Balaban J connectivity index is 2.64.